The predicted molar refractivity (Wildman–Crippen MR) is 85.4 cm³/mol. The third-order valence-electron chi connectivity index (χ3n) is 3.43. The van der Waals surface area contributed by atoms with Gasteiger partial charge in [-0.3, -0.25) is 19.4 Å². The largest absolute Gasteiger partial charge is 0.350 e. The molecule has 0 radical (unpaired) electrons. The van der Waals surface area contributed by atoms with Crippen molar-refractivity contribution in [1.29, 1.82) is 0 Å². The molecular formula is C16H14N4O3. The van der Waals surface area contributed by atoms with Gasteiger partial charge < -0.3 is 14.9 Å². The summed E-state index contributed by atoms with van der Waals surface area (Å²) in [4.78, 5) is 42.1. The van der Waals surface area contributed by atoms with E-state index >= 15 is 0 Å². The number of nitrogens with zero attached hydrogens (tertiary/aromatic N) is 2. The average Bonchev–Trinajstić information content (AvgIpc) is 2.59. The topological polar surface area (TPSA) is 96.9 Å². The minimum absolute atomic E-state index is 0.204. The first-order valence-corrected chi connectivity index (χ1v) is 7.07. The number of carbonyl (C=O) groups excluding carboxylic acids is 1. The molecule has 0 atom stereocenters. The van der Waals surface area contributed by atoms with E-state index in [2.05, 4.69) is 15.3 Å². The van der Waals surface area contributed by atoms with Gasteiger partial charge in [0.2, 0.25) is 0 Å². The van der Waals surface area contributed by atoms with E-state index in [0.717, 1.165) is 0 Å². The quantitative estimate of drug-likeness (QED) is 0.686. The van der Waals surface area contributed by atoms with E-state index in [9.17, 15) is 14.4 Å². The number of hydrogen-bond donors (Lipinski definition) is 2. The van der Waals surface area contributed by atoms with Crippen molar-refractivity contribution in [3.63, 3.8) is 0 Å². The Balaban J connectivity index is 1.80. The second kappa shape index (κ2) is 6.27. The molecule has 1 amide bonds. The maximum absolute atomic E-state index is 12.0. The van der Waals surface area contributed by atoms with Crippen LogP contribution < -0.4 is 16.4 Å². The number of rotatable bonds is 4. The second-order valence-corrected chi connectivity index (χ2v) is 4.93. The molecule has 3 rings (SSSR count). The first kappa shape index (κ1) is 14.7. The fourth-order valence-electron chi connectivity index (χ4n) is 2.32. The lowest BCUT2D eigenvalue weighted by Crippen LogP contribution is -2.39. The van der Waals surface area contributed by atoms with Gasteiger partial charge in [-0.2, -0.15) is 0 Å². The number of para-hydroxylation sites is 2. The van der Waals surface area contributed by atoms with E-state index in [1.807, 2.05) is 0 Å². The number of fused-ring (bicyclic) bond motifs is 1. The van der Waals surface area contributed by atoms with E-state index in [-0.39, 0.29) is 19.0 Å². The lowest BCUT2D eigenvalue weighted by atomic mass is 10.2. The Bertz CT molecular complexity index is 960. The summed E-state index contributed by atoms with van der Waals surface area (Å²) < 4.78 is 1.36. The fourth-order valence-corrected chi connectivity index (χ4v) is 2.32. The lowest BCUT2D eigenvalue weighted by molar-refractivity contribution is 0.0952. The highest BCUT2D eigenvalue weighted by Crippen LogP contribution is 2.06. The standard InChI is InChI=1S/C16H14N4O3/c21-14(11-4-3-7-17-10-11)18-8-9-20-13-6-2-1-5-12(13)19-15(22)16(20)23/h1-7,10H,8-9H2,(H,18,21)(H,19,22). The molecular weight excluding hydrogens is 296 g/mol. The minimum Gasteiger partial charge on any atom is -0.350 e. The van der Waals surface area contributed by atoms with Crippen molar-refractivity contribution in [2.75, 3.05) is 6.54 Å². The van der Waals surface area contributed by atoms with Gasteiger partial charge in [-0.15, -0.1) is 0 Å². The summed E-state index contributed by atoms with van der Waals surface area (Å²) in [6.07, 6.45) is 3.04. The zero-order valence-corrected chi connectivity index (χ0v) is 12.2. The number of aromatic nitrogens is 3. The Labute approximate surface area is 130 Å². The molecule has 0 fully saturated rings. The maximum Gasteiger partial charge on any atom is 0.316 e. The van der Waals surface area contributed by atoms with Gasteiger partial charge in [0.15, 0.2) is 0 Å². The van der Waals surface area contributed by atoms with Gasteiger partial charge in [0, 0.05) is 25.5 Å². The summed E-state index contributed by atoms with van der Waals surface area (Å²) in [6.45, 7) is 0.427. The van der Waals surface area contributed by atoms with Gasteiger partial charge in [0.25, 0.3) is 5.91 Å². The highest BCUT2D eigenvalue weighted by Gasteiger charge is 2.08. The van der Waals surface area contributed by atoms with Crippen LogP contribution in [0.3, 0.4) is 0 Å². The second-order valence-electron chi connectivity index (χ2n) is 4.93. The summed E-state index contributed by atoms with van der Waals surface area (Å²) in [6, 6.07) is 10.3. The van der Waals surface area contributed by atoms with Crippen molar-refractivity contribution in [3.05, 3.63) is 75.1 Å². The number of aromatic amines is 1. The molecule has 7 nitrogen and oxygen atoms in total. The van der Waals surface area contributed by atoms with Gasteiger partial charge in [-0.25, -0.2) is 0 Å². The summed E-state index contributed by atoms with van der Waals surface area (Å²) >= 11 is 0. The Morgan fingerprint density at radius 3 is 2.78 bits per heavy atom. The number of carbonyl (C=O) groups is 1. The third kappa shape index (κ3) is 3.03. The molecule has 0 saturated carbocycles. The zero-order valence-electron chi connectivity index (χ0n) is 12.2. The molecule has 23 heavy (non-hydrogen) atoms. The van der Waals surface area contributed by atoms with Crippen molar-refractivity contribution in [2.24, 2.45) is 0 Å². The SMILES string of the molecule is O=C(NCCn1c(=O)c(=O)[nH]c2ccccc21)c1cccnc1. The average molecular weight is 310 g/mol. The van der Waals surface area contributed by atoms with E-state index in [1.54, 1.807) is 42.6 Å². The van der Waals surface area contributed by atoms with Gasteiger partial charge in [-0.1, -0.05) is 12.1 Å². The van der Waals surface area contributed by atoms with Crippen molar-refractivity contribution in [1.82, 2.24) is 19.9 Å². The first-order chi connectivity index (χ1) is 11.2. The highest BCUT2D eigenvalue weighted by molar-refractivity contribution is 5.93. The van der Waals surface area contributed by atoms with Crippen LogP contribution >= 0.6 is 0 Å². The highest BCUT2D eigenvalue weighted by atomic mass is 16.2. The number of amides is 1. The van der Waals surface area contributed by atoms with E-state index in [1.165, 1.54) is 10.8 Å². The van der Waals surface area contributed by atoms with Gasteiger partial charge in [0.1, 0.15) is 0 Å². The van der Waals surface area contributed by atoms with Crippen molar-refractivity contribution in [2.45, 2.75) is 6.54 Å². The maximum atomic E-state index is 12.0. The number of hydrogen-bond acceptors (Lipinski definition) is 4. The van der Waals surface area contributed by atoms with Crippen molar-refractivity contribution in [3.8, 4) is 0 Å². The van der Waals surface area contributed by atoms with E-state index in [0.29, 0.717) is 16.6 Å². The minimum atomic E-state index is -0.678. The molecule has 0 aliphatic heterocycles. The smallest absolute Gasteiger partial charge is 0.316 e. The normalized spacial score (nSPS) is 10.6. The molecule has 3 aromatic rings. The monoisotopic (exact) mass is 310 g/mol. The molecule has 0 aliphatic rings. The lowest BCUT2D eigenvalue weighted by Gasteiger charge is -2.10. The zero-order chi connectivity index (χ0) is 16.2. The predicted octanol–water partition coefficient (Wildman–Crippen LogP) is 0.515. The number of pyridine rings is 1. The van der Waals surface area contributed by atoms with Crippen LogP contribution in [0.25, 0.3) is 11.0 Å². The van der Waals surface area contributed by atoms with Gasteiger partial charge in [0.05, 0.1) is 16.6 Å². The molecule has 116 valence electrons. The Hall–Kier alpha value is -3.22. The molecule has 0 saturated heterocycles. The van der Waals surface area contributed by atoms with Crippen molar-refractivity contribution >= 4 is 16.9 Å². The fraction of sp³-hybridized carbons (Fsp3) is 0.125. The summed E-state index contributed by atoms with van der Waals surface area (Å²) in [5, 5.41) is 2.71. The van der Waals surface area contributed by atoms with E-state index in [4.69, 9.17) is 0 Å². The van der Waals surface area contributed by atoms with Crippen LogP contribution in [0, 0.1) is 0 Å². The van der Waals surface area contributed by atoms with Crippen LogP contribution in [0.4, 0.5) is 0 Å². The summed E-state index contributed by atoms with van der Waals surface area (Å²) in [5.41, 5.74) is 0.320. The molecule has 0 aliphatic carbocycles. The van der Waals surface area contributed by atoms with Crippen LogP contribution in [0.1, 0.15) is 10.4 Å². The molecule has 0 spiro atoms. The van der Waals surface area contributed by atoms with Crippen LogP contribution in [0.2, 0.25) is 0 Å². The molecule has 2 heterocycles. The molecule has 0 bridgehead atoms. The number of nitrogens with one attached hydrogen (secondary N) is 2. The first-order valence-electron chi connectivity index (χ1n) is 7.07. The molecule has 0 unspecified atom stereocenters. The van der Waals surface area contributed by atoms with Crippen molar-refractivity contribution < 1.29 is 4.79 Å². The molecule has 2 N–H and O–H groups in total. The number of H-pyrrole nitrogens is 1. The van der Waals surface area contributed by atoms with Crippen LogP contribution in [0.5, 0.6) is 0 Å². The Morgan fingerprint density at radius 2 is 2.00 bits per heavy atom. The van der Waals surface area contributed by atoms with Crippen LogP contribution in [0.15, 0.2) is 58.4 Å². The van der Waals surface area contributed by atoms with Gasteiger partial charge >= 0.3 is 11.1 Å². The van der Waals surface area contributed by atoms with Crippen LogP contribution in [-0.2, 0) is 6.54 Å². The number of benzene rings is 1. The molecule has 2 aromatic heterocycles. The van der Waals surface area contributed by atoms with Gasteiger partial charge in [-0.05, 0) is 24.3 Å². The Morgan fingerprint density at radius 1 is 1.17 bits per heavy atom. The summed E-state index contributed by atoms with van der Waals surface area (Å²) in [7, 11) is 0. The third-order valence-corrected chi connectivity index (χ3v) is 3.43. The Kier molecular flexibility index (Phi) is 4.01. The molecule has 1 aromatic carbocycles. The van der Waals surface area contributed by atoms with Crippen LogP contribution in [-0.4, -0.2) is 27.0 Å². The molecule has 7 heteroatoms. The van der Waals surface area contributed by atoms with E-state index < -0.39 is 11.1 Å². The summed E-state index contributed by atoms with van der Waals surface area (Å²) in [5.74, 6) is -0.278.